The molecule has 3 aromatic carbocycles. The lowest BCUT2D eigenvalue weighted by Gasteiger charge is -2.32. The second-order valence-electron chi connectivity index (χ2n) is 7.05. The summed E-state index contributed by atoms with van der Waals surface area (Å²) in [7, 11) is 0. The number of fused-ring (bicyclic) bond motifs is 2. The maximum absolute atomic E-state index is 12.7. The Hall–Kier alpha value is -3.40. The molecule has 0 bridgehead atoms. The van der Waals surface area contributed by atoms with E-state index >= 15 is 0 Å². The van der Waals surface area contributed by atoms with Crippen molar-refractivity contribution in [2.45, 2.75) is 25.9 Å². The van der Waals surface area contributed by atoms with Gasteiger partial charge in [0.1, 0.15) is 0 Å². The maximum atomic E-state index is 12.7. The van der Waals surface area contributed by atoms with Crippen molar-refractivity contribution in [3.05, 3.63) is 89.6 Å². The van der Waals surface area contributed by atoms with Crippen LogP contribution in [-0.4, -0.2) is 16.7 Å². The highest BCUT2D eigenvalue weighted by atomic mass is 16.2. The Morgan fingerprint density at radius 2 is 1.71 bits per heavy atom. The van der Waals surface area contributed by atoms with Gasteiger partial charge in [0, 0.05) is 19.7 Å². The molecule has 4 rings (SSSR count). The van der Waals surface area contributed by atoms with Crippen LogP contribution >= 0.6 is 0 Å². The first-order valence-corrected chi connectivity index (χ1v) is 9.42. The van der Waals surface area contributed by atoms with E-state index in [-0.39, 0.29) is 24.3 Å². The summed E-state index contributed by atoms with van der Waals surface area (Å²) >= 11 is 0. The molecule has 140 valence electrons. The Balaban J connectivity index is 1.47. The SMILES string of the molecule is CC(=O)N1C=Cc2ccccc2C1CC(=O)NCc1ccc2ccccc2c1. The number of carbonyl (C=O) groups is 2. The van der Waals surface area contributed by atoms with Gasteiger partial charge < -0.3 is 10.2 Å². The van der Waals surface area contributed by atoms with Gasteiger partial charge in [0.05, 0.1) is 12.5 Å². The standard InChI is InChI=1S/C24H22N2O2/c1-17(27)26-13-12-20-7-4-5-9-22(20)23(26)15-24(28)25-16-18-10-11-19-6-2-3-8-21(19)14-18/h2-14,23H,15-16H2,1H3,(H,25,28). The number of hydrogen-bond acceptors (Lipinski definition) is 2. The monoisotopic (exact) mass is 370 g/mol. The molecule has 0 spiro atoms. The molecule has 1 aliphatic rings. The molecule has 0 saturated heterocycles. The van der Waals surface area contributed by atoms with Crippen LogP contribution in [0, 0.1) is 0 Å². The number of carbonyl (C=O) groups excluding carboxylic acids is 2. The molecule has 0 aliphatic carbocycles. The van der Waals surface area contributed by atoms with Crippen molar-refractivity contribution in [3.8, 4) is 0 Å². The molecule has 4 nitrogen and oxygen atoms in total. The summed E-state index contributed by atoms with van der Waals surface area (Å²) in [5.41, 5.74) is 3.10. The molecule has 1 unspecified atom stereocenters. The van der Waals surface area contributed by atoms with Crippen LogP contribution in [0.3, 0.4) is 0 Å². The van der Waals surface area contributed by atoms with E-state index in [1.54, 1.807) is 11.1 Å². The average molecular weight is 370 g/mol. The molecule has 0 fully saturated rings. The Labute approximate surface area is 164 Å². The summed E-state index contributed by atoms with van der Waals surface area (Å²) in [5.74, 6) is -0.146. The highest BCUT2D eigenvalue weighted by molar-refractivity contribution is 5.84. The zero-order chi connectivity index (χ0) is 19.5. The van der Waals surface area contributed by atoms with E-state index < -0.39 is 0 Å². The molecule has 2 amide bonds. The van der Waals surface area contributed by atoms with Crippen molar-refractivity contribution in [2.24, 2.45) is 0 Å². The van der Waals surface area contributed by atoms with E-state index in [1.165, 1.54) is 12.3 Å². The molecule has 3 aromatic rings. The quantitative estimate of drug-likeness (QED) is 0.739. The van der Waals surface area contributed by atoms with Gasteiger partial charge in [0.25, 0.3) is 0 Å². The molecule has 1 aliphatic heterocycles. The topological polar surface area (TPSA) is 49.4 Å². The van der Waals surface area contributed by atoms with E-state index in [4.69, 9.17) is 0 Å². The maximum Gasteiger partial charge on any atom is 0.223 e. The third-order valence-corrected chi connectivity index (χ3v) is 5.15. The number of rotatable bonds is 4. The van der Waals surface area contributed by atoms with Gasteiger partial charge in [-0.1, -0.05) is 60.7 Å². The lowest BCUT2D eigenvalue weighted by molar-refractivity contribution is -0.130. The van der Waals surface area contributed by atoms with Gasteiger partial charge in [-0.15, -0.1) is 0 Å². The molecular formula is C24H22N2O2. The van der Waals surface area contributed by atoms with E-state index in [0.717, 1.165) is 22.1 Å². The number of nitrogens with zero attached hydrogens (tertiary/aromatic N) is 1. The van der Waals surface area contributed by atoms with Gasteiger partial charge in [-0.05, 0) is 39.6 Å². The zero-order valence-corrected chi connectivity index (χ0v) is 15.8. The second-order valence-corrected chi connectivity index (χ2v) is 7.05. The Kier molecular flexibility index (Phi) is 4.94. The minimum absolute atomic E-state index is 0.0712. The minimum Gasteiger partial charge on any atom is -0.352 e. The highest BCUT2D eigenvalue weighted by Gasteiger charge is 2.27. The fourth-order valence-electron chi connectivity index (χ4n) is 3.71. The Bertz CT molecular complexity index is 1070. The lowest BCUT2D eigenvalue weighted by atomic mass is 9.93. The van der Waals surface area contributed by atoms with Gasteiger partial charge in [-0.3, -0.25) is 9.59 Å². The second kappa shape index (κ2) is 7.69. The molecule has 4 heteroatoms. The van der Waals surface area contributed by atoms with Gasteiger partial charge >= 0.3 is 0 Å². The van der Waals surface area contributed by atoms with Crippen LogP contribution in [0.2, 0.25) is 0 Å². The predicted octanol–water partition coefficient (Wildman–Crippen LogP) is 4.42. The third kappa shape index (κ3) is 3.67. The van der Waals surface area contributed by atoms with Gasteiger partial charge in [0.2, 0.25) is 11.8 Å². The fraction of sp³-hybridized carbons (Fsp3) is 0.167. The Morgan fingerprint density at radius 3 is 2.54 bits per heavy atom. The fourth-order valence-corrected chi connectivity index (χ4v) is 3.71. The zero-order valence-electron chi connectivity index (χ0n) is 15.8. The average Bonchev–Trinajstić information content (AvgIpc) is 2.72. The van der Waals surface area contributed by atoms with Crippen LogP contribution in [0.1, 0.15) is 36.1 Å². The first-order valence-electron chi connectivity index (χ1n) is 9.42. The molecule has 1 heterocycles. The van der Waals surface area contributed by atoms with Gasteiger partial charge in [-0.2, -0.15) is 0 Å². The normalized spacial score (nSPS) is 15.3. The summed E-state index contributed by atoms with van der Waals surface area (Å²) in [5, 5.41) is 5.34. The summed E-state index contributed by atoms with van der Waals surface area (Å²) in [4.78, 5) is 26.3. The van der Waals surface area contributed by atoms with Gasteiger partial charge in [0.15, 0.2) is 0 Å². The lowest BCUT2D eigenvalue weighted by Crippen LogP contribution is -2.35. The first-order chi connectivity index (χ1) is 13.6. The van der Waals surface area contributed by atoms with Crippen LogP contribution < -0.4 is 5.32 Å². The molecule has 0 aromatic heterocycles. The van der Waals surface area contributed by atoms with Crippen molar-refractivity contribution < 1.29 is 9.59 Å². The number of benzene rings is 3. The highest BCUT2D eigenvalue weighted by Crippen LogP contribution is 2.32. The summed E-state index contributed by atoms with van der Waals surface area (Å²) in [6.07, 6.45) is 3.92. The predicted molar refractivity (Wildman–Crippen MR) is 111 cm³/mol. The summed E-state index contributed by atoms with van der Waals surface area (Å²) < 4.78 is 0. The van der Waals surface area contributed by atoms with Crippen LogP contribution in [0.4, 0.5) is 0 Å². The largest absolute Gasteiger partial charge is 0.352 e. The van der Waals surface area contributed by atoms with Crippen molar-refractivity contribution in [2.75, 3.05) is 0 Å². The first kappa shape index (κ1) is 18.0. The van der Waals surface area contributed by atoms with Gasteiger partial charge in [-0.25, -0.2) is 0 Å². The van der Waals surface area contributed by atoms with Crippen molar-refractivity contribution in [1.82, 2.24) is 10.2 Å². The van der Waals surface area contributed by atoms with Crippen LogP contribution in [0.25, 0.3) is 16.8 Å². The molecular weight excluding hydrogens is 348 g/mol. The third-order valence-electron chi connectivity index (χ3n) is 5.15. The smallest absolute Gasteiger partial charge is 0.223 e. The van der Waals surface area contributed by atoms with Crippen LogP contribution in [0.15, 0.2) is 72.9 Å². The van der Waals surface area contributed by atoms with Crippen molar-refractivity contribution in [3.63, 3.8) is 0 Å². The Morgan fingerprint density at radius 1 is 0.964 bits per heavy atom. The summed E-state index contributed by atoms with van der Waals surface area (Å²) in [6.45, 7) is 1.99. The minimum atomic E-state index is -0.282. The van der Waals surface area contributed by atoms with E-state index in [9.17, 15) is 9.59 Å². The van der Waals surface area contributed by atoms with E-state index in [0.29, 0.717) is 6.54 Å². The van der Waals surface area contributed by atoms with Crippen LogP contribution in [0.5, 0.6) is 0 Å². The van der Waals surface area contributed by atoms with Crippen molar-refractivity contribution in [1.29, 1.82) is 0 Å². The number of hydrogen-bond donors (Lipinski definition) is 1. The van der Waals surface area contributed by atoms with E-state index in [1.807, 2.05) is 48.5 Å². The molecule has 1 atom stereocenters. The molecule has 0 radical (unpaired) electrons. The van der Waals surface area contributed by atoms with Crippen LogP contribution in [-0.2, 0) is 16.1 Å². The molecule has 1 N–H and O–H groups in total. The van der Waals surface area contributed by atoms with Crippen molar-refractivity contribution >= 4 is 28.7 Å². The molecule has 28 heavy (non-hydrogen) atoms. The molecule has 0 saturated carbocycles. The number of nitrogens with one attached hydrogen (secondary N) is 1. The summed E-state index contributed by atoms with van der Waals surface area (Å²) in [6, 6.07) is 22.0. The number of amides is 2. The van der Waals surface area contributed by atoms with E-state index in [2.05, 4.69) is 29.6 Å².